The van der Waals surface area contributed by atoms with E-state index in [4.69, 9.17) is 5.11 Å². The molecular formula is C12H18N2O2S. The van der Waals surface area contributed by atoms with Gasteiger partial charge in [-0.2, -0.15) is 0 Å². The minimum absolute atomic E-state index is 0.322. The van der Waals surface area contributed by atoms with Crippen molar-refractivity contribution in [1.82, 2.24) is 9.88 Å². The summed E-state index contributed by atoms with van der Waals surface area (Å²) >= 11 is 1.69. The molecular weight excluding hydrogens is 236 g/mol. The lowest BCUT2D eigenvalue weighted by atomic mass is 9.93. The Labute approximate surface area is 105 Å². The summed E-state index contributed by atoms with van der Waals surface area (Å²) in [6.45, 7) is 4.19. The number of nitrogens with zero attached hydrogens (tertiary/aromatic N) is 2. The molecule has 0 radical (unpaired) electrons. The predicted octanol–water partition coefficient (Wildman–Crippen LogP) is 2.39. The van der Waals surface area contributed by atoms with Crippen LogP contribution in [0.15, 0.2) is 11.7 Å². The van der Waals surface area contributed by atoms with E-state index in [1.54, 1.807) is 11.3 Å². The number of rotatable bonds is 4. The third-order valence-corrected chi connectivity index (χ3v) is 4.47. The molecule has 0 aromatic carbocycles. The zero-order valence-corrected chi connectivity index (χ0v) is 10.8. The van der Waals surface area contributed by atoms with Crippen molar-refractivity contribution in [2.45, 2.75) is 32.2 Å². The first-order valence-corrected chi connectivity index (χ1v) is 6.89. The zero-order chi connectivity index (χ0) is 12.3. The third-order valence-electron chi connectivity index (χ3n) is 3.52. The van der Waals surface area contributed by atoms with Crippen LogP contribution >= 0.6 is 11.3 Å². The smallest absolute Gasteiger partial charge is 0.303 e. The molecule has 1 unspecified atom stereocenters. The van der Waals surface area contributed by atoms with E-state index in [9.17, 15) is 4.79 Å². The van der Waals surface area contributed by atoms with E-state index in [1.807, 2.05) is 11.7 Å². The van der Waals surface area contributed by atoms with Gasteiger partial charge >= 0.3 is 5.97 Å². The molecule has 0 amide bonds. The number of carboxylic acid groups (broad SMARTS) is 1. The molecule has 1 atom stereocenters. The van der Waals surface area contributed by atoms with Gasteiger partial charge in [-0.3, -0.25) is 14.7 Å². The first-order valence-electron chi connectivity index (χ1n) is 6.01. The molecule has 94 valence electrons. The van der Waals surface area contributed by atoms with Crippen LogP contribution in [0.2, 0.25) is 0 Å². The van der Waals surface area contributed by atoms with Gasteiger partial charge in [0.2, 0.25) is 0 Å². The maximum atomic E-state index is 10.6. The summed E-state index contributed by atoms with van der Waals surface area (Å²) in [6.07, 6.45) is 4.24. The molecule has 1 N–H and O–H groups in total. The lowest BCUT2D eigenvalue weighted by Crippen LogP contribution is -2.35. The molecule has 1 saturated heterocycles. The number of aromatic nitrogens is 1. The second-order valence-corrected chi connectivity index (χ2v) is 5.57. The monoisotopic (exact) mass is 254 g/mol. The van der Waals surface area contributed by atoms with Crippen LogP contribution in [0, 0.1) is 5.92 Å². The number of hydrogen-bond donors (Lipinski definition) is 1. The van der Waals surface area contributed by atoms with Crippen molar-refractivity contribution in [3.8, 4) is 0 Å². The van der Waals surface area contributed by atoms with Crippen LogP contribution in [0.25, 0.3) is 0 Å². The fourth-order valence-corrected chi connectivity index (χ4v) is 3.11. The Kier molecular flexibility index (Phi) is 4.12. The van der Waals surface area contributed by atoms with Crippen LogP contribution < -0.4 is 0 Å². The van der Waals surface area contributed by atoms with Crippen LogP contribution in [0.3, 0.4) is 0 Å². The van der Waals surface area contributed by atoms with Crippen molar-refractivity contribution < 1.29 is 9.90 Å². The highest BCUT2D eigenvalue weighted by atomic mass is 32.1. The Hall–Kier alpha value is -0.940. The summed E-state index contributed by atoms with van der Waals surface area (Å²) in [7, 11) is 0. The average Bonchev–Trinajstić information content (AvgIpc) is 2.82. The number of carbonyl (C=O) groups is 1. The number of piperidine rings is 1. The van der Waals surface area contributed by atoms with E-state index in [1.165, 1.54) is 4.88 Å². The maximum Gasteiger partial charge on any atom is 0.303 e. The molecule has 5 heteroatoms. The lowest BCUT2D eigenvalue weighted by molar-refractivity contribution is -0.138. The van der Waals surface area contributed by atoms with Gasteiger partial charge in [-0.05, 0) is 38.8 Å². The standard InChI is InChI=1S/C12H18N2O2S/c1-9(11-7-13-8-17-11)14-4-2-10(3-5-14)6-12(15)16/h7-10H,2-6H2,1H3,(H,15,16). The first-order chi connectivity index (χ1) is 8.16. The topological polar surface area (TPSA) is 53.4 Å². The fraction of sp³-hybridized carbons (Fsp3) is 0.667. The Morgan fingerprint density at radius 3 is 2.88 bits per heavy atom. The van der Waals surface area contributed by atoms with E-state index >= 15 is 0 Å². The summed E-state index contributed by atoms with van der Waals surface area (Å²) in [5.74, 6) is -0.309. The van der Waals surface area contributed by atoms with Crippen molar-refractivity contribution in [1.29, 1.82) is 0 Å². The number of aliphatic carboxylic acids is 1. The predicted molar refractivity (Wildman–Crippen MR) is 67.1 cm³/mol. The van der Waals surface area contributed by atoms with Gasteiger partial charge in [0.15, 0.2) is 0 Å². The van der Waals surface area contributed by atoms with Crippen molar-refractivity contribution in [2.24, 2.45) is 5.92 Å². The van der Waals surface area contributed by atoms with Crippen LogP contribution in [-0.2, 0) is 4.79 Å². The summed E-state index contributed by atoms with van der Waals surface area (Å²) < 4.78 is 0. The van der Waals surface area contributed by atoms with Crippen molar-refractivity contribution >= 4 is 17.3 Å². The van der Waals surface area contributed by atoms with Crippen LogP contribution in [-0.4, -0.2) is 34.0 Å². The molecule has 1 aliphatic heterocycles. The van der Waals surface area contributed by atoms with Crippen LogP contribution in [0.5, 0.6) is 0 Å². The summed E-state index contributed by atoms with van der Waals surface area (Å²) in [5.41, 5.74) is 1.86. The van der Waals surface area contributed by atoms with Crippen LogP contribution in [0.1, 0.15) is 37.1 Å². The third kappa shape index (κ3) is 3.26. The van der Waals surface area contributed by atoms with E-state index in [2.05, 4.69) is 16.8 Å². The largest absolute Gasteiger partial charge is 0.481 e. The molecule has 0 saturated carbocycles. The fourth-order valence-electron chi connectivity index (χ4n) is 2.40. The Bertz CT molecular complexity index is 359. The van der Waals surface area contributed by atoms with E-state index < -0.39 is 5.97 Å². The minimum Gasteiger partial charge on any atom is -0.481 e. The Morgan fingerprint density at radius 2 is 2.35 bits per heavy atom. The first kappa shape index (κ1) is 12.5. The minimum atomic E-state index is -0.668. The van der Waals surface area contributed by atoms with Gasteiger partial charge in [0.05, 0.1) is 5.51 Å². The number of thiazole rings is 1. The zero-order valence-electron chi connectivity index (χ0n) is 10.0. The number of carboxylic acids is 1. The van der Waals surface area contributed by atoms with E-state index in [-0.39, 0.29) is 0 Å². The van der Waals surface area contributed by atoms with Gasteiger partial charge in [-0.1, -0.05) is 0 Å². The van der Waals surface area contributed by atoms with Gasteiger partial charge in [-0.25, -0.2) is 0 Å². The number of hydrogen-bond acceptors (Lipinski definition) is 4. The van der Waals surface area contributed by atoms with Gasteiger partial charge in [-0.15, -0.1) is 11.3 Å². The molecule has 2 heterocycles. The van der Waals surface area contributed by atoms with E-state index in [0.717, 1.165) is 25.9 Å². The molecule has 0 spiro atoms. The van der Waals surface area contributed by atoms with E-state index in [0.29, 0.717) is 18.4 Å². The lowest BCUT2D eigenvalue weighted by Gasteiger charge is -2.35. The second kappa shape index (κ2) is 5.60. The molecule has 1 aliphatic rings. The van der Waals surface area contributed by atoms with Gasteiger partial charge in [0, 0.05) is 23.5 Å². The molecule has 17 heavy (non-hydrogen) atoms. The summed E-state index contributed by atoms with van der Waals surface area (Å²) in [5, 5.41) is 8.77. The maximum absolute atomic E-state index is 10.6. The summed E-state index contributed by atoms with van der Waals surface area (Å²) in [4.78, 5) is 18.5. The average molecular weight is 254 g/mol. The Balaban J connectivity index is 1.84. The molecule has 0 bridgehead atoms. The molecule has 2 rings (SSSR count). The highest BCUT2D eigenvalue weighted by Gasteiger charge is 2.25. The highest BCUT2D eigenvalue weighted by Crippen LogP contribution is 2.29. The van der Waals surface area contributed by atoms with Gasteiger partial charge in [0.1, 0.15) is 0 Å². The van der Waals surface area contributed by atoms with Gasteiger partial charge < -0.3 is 5.11 Å². The second-order valence-electron chi connectivity index (χ2n) is 4.66. The molecule has 1 aromatic rings. The molecule has 4 nitrogen and oxygen atoms in total. The SMILES string of the molecule is CC(c1cncs1)N1CCC(CC(=O)O)CC1. The summed E-state index contributed by atoms with van der Waals surface area (Å²) in [6, 6.07) is 0.410. The quantitative estimate of drug-likeness (QED) is 0.896. The number of likely N-dealkylation sites (tertiary alicyclic amines) is 1. The molecule has 0 aliphatic carbocycles. The normalized spacial score (nSPS) is 20.3. The van der Waals surface area contributed by atoms with Crippen molar-refractivity contribution in [2.75, 3.05) is 13.1 Å². The van der Waals surface area contributed by atoms with Crippen molar-refractivity contribution in [3.63, 3.8) is 0 Å². The Morgan fingerprint density at radius 1 is 1.65 bits per heavy atom. The van der Waals surface area contributed by atoms with Crippen molar-refractivity contribution in [3.05, 3.63) is 16.6 Å². The van der Waals surface area contributed by atoms with Crippen LogP contribution in [0.4, 0.5) is 0 Å². The van der Waals surface area contributed by atoms with Gasteiger partial charge in [0.25, 0.3) is 0 Å². The highest BCUT2D eigenvalue weighted by molar-refractivity contribution is 7.09. The molecule has 1 aromatic heterocycles. The molecule has 1 fully saturated rings.